The molecule has 2 heterocycles. The molecular formula is C19H22N2O3S. The van der Waals surface area contributed by atoms with Crippen molar-refractivity contribution in [1.29, 1.82) is 0 Å². The van der Waals surface area contributed by atoms with Gasteiger partial charge in [0, 0.05) is 17.5 Å². The average Bonchev–Trinajstić information content (AvgIpc) is 3.29. The highest BCUT2D eigenvalue weighted by atomic mass is 32.2. The minimum absolute atomic E-state index is 0.108. The molecule has 25 heavy (non-hydrogen) atoms. The van der Waals surface area contributed by atoms with Crippen molar-refractivity contribution in [1.82, 2.24) is 10.1 Å². The van der Waals surface area contributed by atoms with Gasteiger partial charge in [-0.3, -0.25) is 4.79 Å². The number of ether oxygens (including phenoxy) is 1. The quantitative estimate of drug-likeness (QED) is 0.577. The Hall–Kier alpha value is -2.21. The van der Waals surface area contributed by atoms with Crippen LogP contribution in [0.15, 0.2) is 51.9 Å². The van der Waals surface area contributed by atoms with E-state index in [4.69, 9.17) is 9.26 Å². The summed E-state index contributed by atoms with van der Waals surface area (Å²) in [6.45, 7) is 5.06. The highest BCUT2D eigenvalue weighted by Gasteiger charge is 2.29. The molecule has 1 amide bonds. The summed E-state index contributed by atoms with van der Waals surface area (Å²) in [7, 11) is 0. The third-order valence-corrected chi connectivity index (χ3v) is 4.93. The smallest absolute Gasteiger partial charge is 0.276 e. The number of para-hydroxylation sites is 1. The second kappa shape index (κ2) is 7.78. The molecule has 5 nitrogen and oxygen atoms in total. The fourth-order valence-electron chi connectivity index (χ4n) is 2.86. The van der Waals surface area contributed by atoms with Crippen molar-refractivity contribution < 1.29 is 14.1 Å². The van der Waals surface area contributed by atoms with Gasteiger partial charge >= 0.3 is 0 Å². The molecule has 0 saturated heterocycles. The number of rotatable bonds is 6. The molecule has 1 aromatic carbocycles. The minimum Gasteiger partial charge on any atom is -0.484 e. The maximum atomic E-state index is 12.7. The van der Waals surface area contributed by atoms with E-state index in [2.05, 4.69) is 25.1 Å². The first kappa shape index (κ1) is 17.6. The fraction of sp³-hybridized carbons (Fsp3) is 0.368. The number of benzene rings is 1. The number of amides is 1. The number of carbonyl (C=O) groups excluding carboxylic acids is 1. The van der Waals surface area contributed by atoms with E-state index in [0.29, 0.717) is 23.9 Å². The highest BCUT2D eigenvalue weighted by molar-refractivity contribution is 7.98. The predicted octanol–water partition coefficient (Wildman–Crippen LogP) is 4.01. The van der Waals surface area contributed by atoms with Crippen molar-refractivity contribution in [3.05, 3.63) is 53.9 Å². The largest absolute Gasteiger partial charge is 0.484 e. The van der Waals surface area contributed by atoms with Crippen LogP contribution in [-0.4, -0.2) is 34.8 Å². The first-order chi connectivity index (χ1) is 12.1. The molecule has 1 atom stereocenters. The van der Waals surface area contributed by atoms with E-state index >= 15 is 0 Å². The Labute approximate surface area is 152 Å². The van der Waals surface area contributed by atoms with Gasteiger partial charge in [0.05, 0.1) is 6.04 Å². The second-order valence-electron chi connectivity index (χ2n) is 6.24. The molecule has 0 spiro atoms. The van der Waals surface area contributed by atoms with Gasteiger partial charge in [-0.05, 0) is 24.3 Å². The molecule has 1 aliphatic heterocycles. The number of thioether (sulfide) groups is 1. The van der Waals surface area contributed by atoms with Crippen molar-refractivity contribution >= 4 is 17.7 Å². The minimum atomic E-state index is -0.108. The zero-order valence-electron chi connectivity index (χ0n) is 14.6. The second-order valence-corrected chi connectivity index (χ2v) is 7.09. The molecule has 1 aliphatic rings. The molecule has 0 unspecified atom stereocenters. The summed E-state index contributed by atoms with van der Waals surface area (Å²) in [5.41, 5.74) is 0.325. The fourth-order valence-corrected chi connectivity index (χ4v) is 3.40. The van der Waals surface area contributed by atoms with Crippen LogP contribution in [0.3, 0.4) is 0 Å². The Morgan fingerprint density at radius 2 is 2.24 bits per heavy atom. The molecular weight excluding hydrogens is 336 g/mol. The lowest BCUT2D eigenvalue weighted by Crippen LogP contribution is -2.39. The lowest BCUT2D eigenvalue weighted by atomic mass is 10.0. The molecule has 6 heteroatoms. The first-order valence-corrected chi connectivity index (χ1v) is 9.51. The zero-order valence-corrected chi connectivity index (χ0v) is 15.5. The van der Waals surface area contributed by atoms with Crippen LogP contribution in [0.25, 0.3) is 0 Å². The molecule has 0 saturated carbocycles. The molecule has 0 aliphatic carbocycles. The van der Waals surface area contributed by atoms with Gasteiger partial charge in [-0.1, -0.05) is 43.3 Å². The molecule has 2 aromatic rings. The summed E-state index contributed by atoms with van der Waals surface area (Å²) in [6.07, 6.45) is 6.10. The molecule has 1 aromatic heterocycles. The Balaban J connectivity index is 1.65. The van der Waals surface area contributed by atoms with Crippen molar-refractivity contribution in [2.75, 3.05) is 12.8 Å². The highest BCUT2D eigenvalue weighted by Crippen LogP contribution is 2.27. The summed E-state index contributed by atoms with van der Waals surface area (Å²) in [5.74, 6) is 1.58. The van der Waals surface area contributed by atoms with E-state index in [-0.39, 0.29) is 18.6 Å². The topological polar surface area (TPSA) is 55.6 Å². The Kier molecular flexibility index (Phi) is 5.48. The van der Waals surface area contributed by atoms with E-state index in [1.807, 2.05) is 41.5 Å². The summed E-state index contributed by atoms with van der Waals surface area (Å²) in [6, 6.07) is 9.59. The number of hydrogen-bond acceptors (Lipinski definition) is 5. The maximum Gasteiger partial charge on any atom is 0.276 e. The predicted molar refractivity (Wildman–Crippen MR) is 97.9 cm³/mol. The summed E-state index contributed by atoms with van der Waals surface area (Å²) >= 11 is 1.62. The van der Waals surface area contributed by atoms with Gasteiger partial charge in [0.15, 0.2) is 11.5 Å². The molecule has 132 valence electrons. The van der Waals surface area contributed by atoms with Gasteiger partial charge in [-0.2, -0.15) is 0 Å². The normalized spacial score (nSPS) is 16.6. The molecule has 0 bridgehead atoms. The van der Waals surface area contributed by atoms with Crippen LogP contribution in [0.1, 0.15) is 30.1 Å². The van der Waals surface area contributed by atoms with Gasteiger partial charge < -0.3 is 14.2 Å². The standard InChI is InChI=1S/C19H22N2O3S/c1-13(2)16-7-6-10-21(16)19(22)15-11-14(24-20-15)12-23-17-8-4-5-9-18(17)25-3/h4-9,11,13,16H,10,12H2,1-3H3/t16-/m0/s1. The van der Waals surface area contributed by atoms with Crippen LogP contribution in [0.5, 0.6) is 5.75 Å². The van der Waals surface area contributed by atoms with E-state index in [1.54, 1.807) is 17.8 Å². The lowest BCUT2D eigenvalue weighted by molar-refractivity contribution is 0.0709. The zero-order chi connectivity index (χ0) is 17.8. The van der Waals surface area contributed by atoms with Crippen LogP contribution in [0.4, 0.5) is 0 Å². The van der Waals surface area contributed by atoms with Crippen molar-refractivity contribution in [3.63, 3.8) is 0 Å². The molecule has 0 radical (unpaired) electrons. The van der Waals surface area contributed by atoms with E-state index in [9.17, 15) is 4.79 Å². The molecule has 3 rings (SSSR count). The monoisotopic (exact) mass is 358 g/mol. The maximum absolute atomic E-state index is 12.7. The molecule has 0 fully saturated rings. The SMILES string of the molecule is CSc1ccccc1OCc1cc(C(=O)N2CC=C[C@H]2C(C)C)no1. The number of nitrogens with zero attached hydrogens (tertiary/aromatic N) is 2. The van der Waals surface area contributed by atoms with Crippen LogP contribution in [-0.2, 0) is 6.61 Å². The Bertz CT molecular complexity index is 770. The lowest BCUT2D eigenvalue weighted by Gasteiger charge is -2.26. The number of carbonyl (C=O) groups is 1. The third-order valence-electron chi connectivity index (χ3n) is 4.16. The van der Waals surface area contributed by atoms with Crippen LogP contribution in [0.2, 0.25) is 0 Å². The van der Waals surface area contributed by atoms with Gasteiger partial charge in [0.25, 0.3) is 5.91 Å². The summed E-state index contributed by atoms with van der Waals surface area (Å²) in [4.78, 5) is 15.5. The van der Waals surface area contributed by atoms with Crippen molar-refractivity contribution in [2.24, 2.45) is 5.92 Å². The van der Waals surface area contributed by atoms with E-state index in [1.165, 1.54) is 0 Å². The first-order valence-electron chi connectivity index (χ1n) is 8.29. The van der Waals surface area contributed by atoms with Crippen LogP contribution in [0, 0.1) is 5.92 Å². The van der Waals surface area contributed by atoms with Crippen LogP contribution < -0.4 is 4.74 Å². The third kappa shape index (κ3) is 3.90. The summed E-state index contributed by atoms with van der Waals surface area (Å²) in [5, 5.41) is 3.93. The average molecular weight is 358 g/mol. The van der Waals surface area contributed by atoms with Gasteiger partial charge in [0.2, 0.25) is 0 Å². The van der Waals surface area contributed by atoms with Crippen molar-refractivity contribution in [2.45, 2.75) is 31.4 Å². The van der Waals surface area contributed by atoms with E-state index in [0.717, 1.165) is 10.6 Å². The van der Waals surface area contributed by atoms with Gasteiger partial charge in [-0.25, -0.2) is 0 Å². The van der Waals surface area contributed by atoms with Crippen LogP contribution >= 0.6 is 11.8 Å². The van der Waals surface area contributed by atoms with Gasteiger partial charge in [0.1, 0.15) is 12.4 Å². The number of hydrogen-bond donors (Lipinski definition) is 0. The van der Waals surface area contributed by atoms with E-state index < -0.39 is 0 Å². The Morgan fingerprint density at radius 3 is 3.00 bits per heavy atom. The van der Waals surface area contributed by atoms with Gasteiger partial charge in [-0.15, -0.1) is 11.8 Å². The van der Waals surface area contributed by atoms with Crippen molar-refractivity contribution in [3.8, 4) is 5.75 Å². The number of aromatic nitrogens is 1. The Morgan fingerprint density at radius 1 is 1.44 bits per heavy atom. The summed E-state index contributed by atoms with van der Waals surface area (Å²) < 4.78 is 11.1. The molecule has 0 N–H and O–H groups in total.